The molecule has 18 heavy (non-hydrogen) atoms. The summed E-state index contributed by atoms with van der Waals surface area (Å²) < 4.78 is 26.5. The topological polar surface area (TPSA) is 17.1 Å². The van der Waals surface area contributed by atoms with Gasteiger partial charge < -0.3 is 0 Å². The van der Waals surface area contributed by atoms with Crippen molar-refractivity contribution in [1.29, 1.82) is 0 Å². The van der Waals surface area contributed by atoms with E-state index in [4.69, 9.17) is 11.6 Å². The van der Waals surface area contributed by atoms with Crippen LogP contribution in [0.25, 0.3) is 11.1 Å². The minimum absolute atomic E-state index is 0.0772. The van der Waals surface area contributed by atoms with Crippen LogP contribution in [0.2, 0.25) is 5.02 Å². The minimum atomic E-state index is -0.576. The lowest BCUT2D eigenvalue weighted by Crippen LogP contribution is -1.98. The maximum absolute atomic E-state index is 13.4. The van der Waals surface area contributed by atoms with Crippen LogP contribution >= 0.6 is 11.6 Å². The van der Waals surface area contributed by atoms with Crippen LogP contribution in [0.3, 0.4) is 0 Å². The zero-order valence-electron chi connectivity index (χ0n) is 9.51. The lowest BCUT2D eigenvalue weighted by Gasteiger charge is -2.09. The maximum atomic E-state index is 13.4. The molecule has 0 radical (unpaired) electrons. The molecule has 0 saturated carbocycles. The summed E-state index contributed by atoms with van der Waals surface area (Å²) in [5, 5.41) is -0.0772. The van der Waals surface area contributed by atoms with Crippen molar-refractivity contribution in [3.8, 4) is 11.1 Å². The Bertz CT molecular complexity index is 623. The first kappa shape index (κ1) is 12.7. The molecule has 0 aliphatic carbocycles. The predicted molar refractivity (Wildman–Crippen MR) is 66.8 cm³/mol. The van der Waals surface area contributed by atoms with Crippen molar-refractivity contribution < 1.29 is 13.6 Å². The molecule has 0 amide bonds. The first-order valence-corrected chi connectivity index (χ1v) is 5.63. The van der Waals surface area contributed by atoms with Crippen molar-refractivity contribution in [2.45, 2.75) is 6.92 Å². The Morgan fingerprint density at radius 1 is 1.11 bits per heavy atom. The molecule has 0 aromatic heterocycles. The van der Waals surface area contributed by atoms with Crippen LogP contribution in [0.1, 0.15) is 17.3 Å². The molecule has 0 saturated heterocycles. The average Bonchev–Trinajstić information content (AvgIpc) is 2.33. The smallest absolute Gasteiger partial charge is 0.160 e. The summed E-state index contributed by atoms with van der Waals surface area (Å²) in [7, 11) is 0. The lowest BCUT2D eigenvalue weighted by atomic mass is 9.97. The standard InChI is InChI=1S/C14H9ClF2O/c1-8(18)12-7-9(16)5-6-10(12)11-3-2-4-13(17)14(11)15/h2-7H,1H3. The number of rotatable bonds is 2. The molecule has 0 fully saturated rings. The summed E-state index contributed by atoms with van der Waals surface area (Å²) in [6.45, 7) is 1.32. The Kier molecular flexibility index (Phi) is 3.43. The van der Waals surface area contributed by atoms with Crippen molar-refractivity contribution in [1.82, 2.24) is 0 Å². The van der Waals surface area contributed by atoms with Gasteiger partial charge in [-0.3, -0.25) is 4.79 Å². The van der Waals surface area contributed by atoms with E-state index in [-0.39, 0.29) is 16.4 Å². The molecular weight excluding hydrogens is 258 g/mol. The van der Waals surface area contributed by atoms with E-state index in [9.17, 15) is 13.6 Å². The van der Waals surface area contributed by atoms with Crippen molar-refractivity contribution >= 4 is 17.4 Å². The molecule has 0 aliphatic heterocycles. The van der Waals surface area contributed by atoms with E-state index >= 15 is 0 Å². The number of Topliss-reactive ketones (excluding diaryl/α,β-unsaturated/α-hetero) is 1. The third-order valence-electron chi connectivity index (χ3n) is 2.60. The monoisotopic (exact) mass is 266 g/mol. The van der Waals surface area contributed by atoms with Gasteiger partial charge in [-0.2, -0.15) is 0 Å². The zero-order chi connectivity index (χ0) is 13.3. The molecule has 0 heterocycles. The SMILES string of the molecule is CC(=O)c1cc(F)ccc1-c1cccc(F)c1Cl. The number of carbonyl (C=O) groups excluding carboxylic acids is 1. The fourth-order valence-electron chi connectivity index (χ4n) is 1.75. The Morgan fingerprint density at radius 2 is 1.83 bits per heavy atom. The average molecular weight is 267 g/mol. The van der Waals surface area contributed by atoms with E-state index in [2.05, 4.69) is 0 Å². The molecule has 2 aromatic rings. The Labute approximate surface area is 108 Å². The van der Waals surface area contributed by atoms with Crippen LogP contribution in [0.5, 0.6) is 0 Å². The predicted octanol–water partition coefficient (Wildman–Crippen LogP) is 4.49. The largest absolute Gasteiger partial charge is 0.294 e. The first-order chi connectivity index (χ1) is 8.50. The normalized spacial score (nSPS) is 10.4. The number of ketones is 1. The molecule has 2 rings (SSSR count). The maximum Gasteiger partial charge on any atom is 0.160 e. The Balaban J connectivity index is 2.71. The lowest BCUT2D eigenvalue weighted by molar-refractivity contribution is 0.101. The number of carbonyl (C=O) groups is 1. The van der Waals surface area contributed by atoms with Crippen molar-refractivity contribution in [2.75, 3.05) is 0 Å². The molecule has 1 nitrogen and oxygen atoms in total. The number of benzene rings is 2. The fourth-order valence-corrected chi connectivity index (χ4v) is 1.98. The molecule has 0 atom stereocenters. The fraction of sp³-hybridized carbons (Fsp3) is 0.0714. The Morgan fingerprint density at radius 3 is 2.50 bits per heavy atom. The van der Waals surface area contributed by atoms with E-state index in [1.165, 1.54) is 31.2 Å². The van der Waals surface area contributed by atoms with Crippen LogP contribution in [-0.4, -0.2) is 5.78 Å². The van der Waals surface area contributed by atoms with Crippen LogP contribution in [-0.2, 0) is 0 Å². The molecular formula is C14H9ClF2O. The van der Waals surface area contributed by atoms with Crippen LogP contribution < -0.4 is 0 Å². The molecule has 2 aromatic carbocycles. The van der Waals surface area contributed by atoms with E-state index in [0.717, 1.165) is 6.07 Å². The van der Waals surface area contributed by atoms with E-state index < -0.39 is 11.6 Å². The highest BCUT2D eigenvalue weighted by molar-refractivity contribution is 6.33. The molecule has 4 heteroatoms. The number of hydrogen-bond donors (Lipinski definition) is 0. The summed E-state index contributed by atoms with van der Waals surface area (Å²) in [6, 6.07) is 8.06. The van der Waals surface area contributed by atoms with E-state index in [1.807, 2.05) is 0 Å². The van der Waals surface area contributed by atoms with Gasteiger partial charge in [-0.15, -0.1) is 0 Å². The summed E-state index contributed by atoms with van der Waals surface area (Å²) in [5.41, 5.74) is 0.984. The Hall–Kier alpha value is -1.74. The zero-order valence-corrected chi connectivity index (χ0v) is 10.3. The van der Waals surface area contributed by atoms with Crippen molar-refractivity contribution in [3.63, 3.8) is 0 Å². The van der Waals surface area contributed by atoms with Crippen LogP contribution in [0.15, 0.2) is 36.4 Å². The molecule has 0 aliphatic rings. The summed E-state index contributed by atoms with van der Waals surface area (Å²) in [5.74, 6) is -1.39. The highest BCUT2D eigenvalue weighted by atomic mass is 35.5. The van der Waals surface area contributed by atoms with E-state index in [1.54, 1.807) is 6.07 Å². The van der Waals surface area contributed by atoms with E-state index in [0.29, 0.717) is 11.1 Å². The molecule has 0 unspecified atom stereocenters. The third kappa shape index (κ3) is 2.27. The summed E-state index contributed by atoms with van der Waals surface area (Å²) in [4.78, 5) is 11.5. The van der Waals surface area contributed by atoms with Gasteiger partial charge in [-0.25, -0.2) is 8.78 Å². The van der Waals surface area contributed by atoms with Crippen LogP contribution in [0.4, 0.5) is 8.78 Å². The van der Waals surface area contributed by atoms with Gasteiger partial charge in [0.2, 0.25) is 0 Å². The quantitative estimate of drug-likeness (QED) is 0.732. The van der Waals surface area contributed by atoms with Crippen molar-refractivity contribution in [3.05, 3.63) is 58.6 Å². The second-order valence-electron chi connectivity index (χ2n) is 3.85. The second kappa shape index (κ2) is 4.86. The van der Waals surface area contributed by atoms with Gasteiger partial charge >= 0.3 is 0 Å². The summed E-state index contributed by atoms with van der Waals surface area (Å²) in [6.07, 6.45) is 0. The first-order valence-electron chi connectivity index (χ1n) is 5.25. The van der Waals surface area contributed by atoms with Gasteiger partial charge in [0.15, 0.2) is 5.78 Å². The van der Waals surface area contributed by atoms with Gasteiger partial charge in [0.05, 0.1) is 5.02 Å². The second-order valence-corrected chi connectivity index (χ2v) is 4.23. The van der Waals surface area contributed by atoms with Gasteiger partial charge in [-0.05, 0) is 30.7 Å². The van der Waals surface area contributed by atoms with Gasteiger partial charge in [0.25, 0.3) is 0 Å². The number of halogens is 3. The summed E-state index contributed by atoms with van der Waals surface area (Å²) >= 11 is 5.86. The number of hydrogen-bond acceptors (Lipinski definition) is 1. The molecule has 0 bridgehead atoms. The minimum Gasteiger partial charge on any atom is -0.294 e. The molecule has 0 N–H and O–H groups in total. The van der Waals surface area contributed by atoms with Gasteiger partial charge in [-0.1, -0.05) is 29.8 Å². The van der Waals surface area contributed by atoms with Crippen LogP contribution in [0, 0.1) is 11.6 Å². The highest BCUT2D eigenvalue weighted by Gasteiger charge is 2.14. The van der Waals surface area contributed by atoms with Gasteiger partial charge in [0, 0.05) is 11.1 Å². The van der Waals surface area contributed by atoms with Gasteiger partial charge in [0.1, 0.15) is 11.6 Å². The molecule has 92 valence electrons. The third-order valence-corrected chi connectivity index (χ3v) is 2.99. The molecule has 0 spiro atoms. The highest BCUT2D eigenvalue weighted by Crippen LogP contribution is 2.32. The van der Waals surface area contributed by atoms with Crippen molar-refractivity contribution in [2.24, 2.45) is 0 Å².